The summed E-state index contributed by atoms with van der Waals surface area (Å²) in [6.07, 6.45) is 1.87. The molecule has 0 radical (unpaired) electrons. The van der Waals surface area contributed by atoms with Gasteiger partial charge in [-0.05, 0) is 24.6 Å². The van der Waals surface area contributed by atoms with Crippen LogP contribution in [0.3, 0.4) is 0 Å². The lowest BCUT2D eigenvalue weighted by molar-refractivity contribution is 0.0390. The molecule has 1 fully saturated rings. The van der Waals surface area contributed by atoms with Crippen molar-refractivity contribution in [3.05, 3.63) is 34.9 Å². The maximum atomic E-state index is 13.5. The van der Waals surface area contributed by atoms with E-state index in [1.807, 2.05) is 22.8 Å². The predicted octanol–water partition coefficient (Wildman–Crippen LogP) is 2.47. The Morgan fingerprint density at radius 3 is 2.97 bits per heavy atom. The van der Waals surface area contributed by atoms with Crippen LogP contribution in [0.15, 0.2) is 18.2 Å². The number of nitrogens with zero attached hydrogens (tertiary/aromatic N) is 6. The second-order valence-electron chi connectivity index (χ2n) is 7.21. The quantitative estimate of drug-likeness (QED) is 0.616. The molecule has 0 atom stereocenters. The number of hydrogen-bond donors (Lipinski definition) is 0. The van der Waals surface area contributed by atoms with Crippen LogP contribution in [0, 0.1) is 0 Å². The number of anilines is 1. The van der Waals surface area contributed by atoms with Gasteiger partial charge in [-0.25, -0.2) is 4.98 Å². The van der Waals surface area contributed by atoms with Crippen LogP contribution in [0.25, 0.3) is 10.2 Å². The van der Waals surface area contributed by atoms with Gasteiger partial charge < -0.3 is 9.30 Å². The first-order valence-electron chi connectivity index (χ1n) is 9.79. The molecule has 0 bridgehead atoms. The zero-order valence-corrected chi connectivity index (χ0v) is 17.5. The second kappa shape index (κ2) is 7.98. The molecule has 1 aromatic carbocycles. The van der Waals surface area contributed by atoms with Crippen molar-refractivity contribution in [1.82, 2.24) is 24.6 Å². The van der Waals surface area contributed by atoms with E-state index in [1.165, 1.54) is 11.3 Å². The zero-order valence-electron chi connectivity index (χ0n) is 15.9. The average Bonchev–Trinajstić information content (AvgIpc) is 3.44. The third kappa shape index (κ3) is 3.75. The molecule has 0 saturated carbocycles. The minimum atomic E-state index is -0.149. The number of thiazole rings is 1. The summed E-state index contributed by atoms with van der Waals surface area (Å²) in [4.78, 5) is 22.2. The highest BCUT2D eigenvalue weighted by Gasteiger charge is 2.29. The minimum Gasteiger partial charge on any atom is -0.379 e. The molecule has 0 N–H and O–H groups in total. The Morgan fingerprint density at radius 2 is 2.10 bits per heavy atom. The van der Waals surface area contributed by atoms with Gasteiger partial charge in [0, 0.05) is 44.2 Å². The normalized spacial score (nSPS) is 17.0. The summed E-state index contributed by atoms with van der Waals surface area (Å²) in [6, 6.07) is 5.59. The molecule has 1 saturated heterocycles. The van der Waals surface area contributed by atoms with Crippen LogP contribution >= 0.6 is 22.9 Å². The summed E-state index contributed by atoms with van der Waals surface area (Å²) in [6.45, 7) is 5.28. The van der Waals surface area contributed by atoms with Gasteiger partial charge >= 0.3 is 0 Å². The topological polar surface area (TPSA) is 76.4 Å². The van der Waals surface area contributed by atoms with E-state index in [4.69, 9.17) is 21.3 Å². The Balaban J connectivity index is 1.46. The fraction of sp³-hybridized carbons (Fsp3) is 0.474. The van der Waals surface area contributed by atoms with Crippen LogP contribution in [-0.2, 0) is 17.7 Å². The Hall–Kier alpha value is -2.07. The largest absolute Gasteiger partial charge is 0.379 e. The fourth-order valence-corrected chi connectivity index (χ4v) is 5.05. The van der Waals surface area contributed by atoms with Gasteiger partial charge in [0.05, 0.1) is 23.4 Å². The van der Waals surface area contributed by atoms with Crippen molar-refractivity contribution in [1.29, 1.82) is 0 Å². The Morgan fingerprint density at radius 1 is 1.24 bits per heavy atom. The van der Waals surface area contributed by atoms with Gasteiger partial charge in [-0.15, -0.1) is 10.2 Å². The molecule has 152 valence electrons. The predicted molar refractivity (Wildman–Crippen MR) is 112 cm³/mol. The molecule has 3 aromatic rings. The molecule has 0 unspecified atom stereocenters. The van der Waals surface area contributed by atoms with Gasteiger partial charge in [0.1, 0.15) is 5.82 Å². The molecule has 5 rings (SSSR count). The third-order valence-electron chi connectivity index (χ3n) is 5.36. The maximum Gasteiger partial charge on any atom is 0.298 e. The molecular formula is C19H21ClN6O2S. The van der Waals surface area contributed by atoms with Gasteiger partial charge in [-0.1, -0.05) is 22.9 Å². The van der Waals surface area contributed by atoms with E-state index in [0.29, 0.717) is 22.5 Å². The SMILES string of the molecule is O=C(c1nnc2n1CCC2)N(CCN1CCOCC1)c1nc2ccc(Cl)cc2s1. The lowest BCUT2D eigenvalue weighted by Crippen LogP contribution is -2.43. The highest BCUT2D eigenvalue weighted by atomic mass is 35.5. The lowest BCUT2D eigenvalue weighted by Gasteiger charge is -2.29. The number of carbonyl (C=O) groups excluding carboxylic acids is 1. The first kappa shape index (κ1) is 18.9. The monoisotopic (exact) mass is 432 g/mol. The van der Waals surface area contributed by atoms with Gasteiger partial charge in [-0.2, -0.15) is 0 Å². The Labute approximate surface area is 177 Å². The highest BCUT2D eigenvalue weighted by Crippen LogP contribution is 2.31. The number of rotatable bonds is 5. The van der Waals surface area contributed by atoms with E-state index in [9.17, 15) is 4.79 Å². The standard InChI is InChI=1S/C19H21ClN6O2S/c20-13-3-4-14-15(12-13)29-19(21-14)26(7-6-24-8-10-28-11-9-24)18(27)17-23-22-16-2-1-5-25(16)17/h3-4,12H,1-2,5-11H2. The molecule has 0 spiro atoms. The van der Waals surface area contributed by atoms with Crippen molar-refractivity contribution >= 4 is 44.2 Å². The van der Waals surface area contributed by atoms with Gasteiger partial charge in [-0.3, -0.25) is 14.6 Å². The number of halogens is 1. The molecule has 2 aromatic heterocycles. The number of aryl methyl sites for hydroxylation is 1. The van der Waals surface area contributed by atoms with E-state index in [0.717, 1.165) is 68.3 Å². The first-order chi connectivity index (χ1) is 14.2. The summed E-state index contributed by atoms with van der Waals surface area (Å²) in [5, 5.41) is 9.72. The number of aromatic nitrogens is 4. The van der Waals surface area contributed by atoms with Crippen LogP contribution in [0.2, 0.25) is 5.02 Å². The number of hydrogen-bond acceptors (Lipinski definition) is 7. The molecular weight excluding hydrogens is 412 g/mol. The summed E-state index contributed by atoms with van der Waals surface area (Å²) < 4.78 is 8.33. The first-order valence-corrected chi connectivity index (χ1v) is 11.0. The molecule has 8 nitrogen and oxygen atoms in total. The molecule has 10 heteroatoms. The molecule has 2 aliphatic heterocycles. The van der Waals surface area contributed by atoms with Crippen molar-refractivity contribution in [2.75, 3.05) is 44.3 Å². The number of fused-ring (bicyclic) bond motifs is 2. The van der Waals surface area contributed by atoms with E-state index in [2.05, 4.69) is 15.1 Å². The molecule has 0 aliphatic carbocycles. The average molecular weight is 433 g/mol. The van der Waals surface area contributed by atoms with Crippen LogP contribution < -0.4 is 4.90 Å². The minimum absolute atomic E-state index is 0.149. The maximum absolute atomic E-state index is 13.5. The summed E-state index contributed by atoms with van der Waals surface area (Å²) in [5.74, 6) is 1.14. The number of morpholine rings is 1. The van der Waals surface area contributed by atoms with Crippen LogP contribution in [0.1, 0.15) is 22.9 Å². The molecule has 1 amide bonds. The summed E-state index contributed by atoms with van der Waals surface area (Å²) >= 11 is 7.61. The highest BCUT2D eigenvalue weighted by molar-refractivity contribution is 7.22. The fourth-order valence-electron chi connectivity index (χ4n) is 3.78. The number of amides is 1. The second-order valence-corrected chi connectivity index (χ2v) is 8.66. The van der Waals surface area contributed by atoms with Crippen LogP contribution in [0.5, 0.6) is 0 Å². The zero-order chi connectivity index (χ0) is 19.8. The molecule has 4 heterocycles. The van der Waals surface area contributed by atoms with Crippen molar-refractivity contribution < 1.29 is 9.53 Å². The van der Waals surface area contributed by atoms with Crippen molar-refractivity contribution in [3.63, 3.8) is 0 Å². The van der Waals surface area contributed by atoms with Crippen molar-refractivity contribution in [3.8, 4) is 0 Å². The third-order valence-corrected chi connectivity index (χ3v) is 6.64. The summed E-state index contributed by atoms with van der Waals surface area (Å²) in [5.41, 5.74) is 0.838. The van der Waals surface area contributed by atoms with Gasteiger partial charge in [0.15, 0.2) is 5.13 Å². The van der Waals surface area contributed by atoms with E-state index >= 15 is 0 Å². The molecule has 2 aliphatic rings. The van der Waals surface area contributed by atoms with Gasteiger partial charge in [0.2, 0.25) is 5.82 Å². The van der Waals surface area contributed by atoms with Crippen molar-refractivity contribution in [2.24, 2.45) is 0 Å². The van der Waals surface area contributed by atoms with E-state index < -0.39 is 0 Å². The number of benzene rings is 1. The molecule has 29 heavy (non-hydrogen) atoms. The van der Waals surface area contributed by atoms with Crippen molar-refractivity contribution in [2.45, 2.75) is 19.4 Å². The van der Waals surface area contributed by atoms with E-state index in [-0.39, 0.29) is 5.91 Å². The van der Waals surface area contributed by atoms with Gasteiger partial charge in [0.25, 0.3) is 5.91 Å². The summed E-state index contributed by atoms with van der Waals surface area (Å²) in [7, 11) is 0. The smallest absolute Gasteiger partial charge is 0.298 e. The number of ether oxygens (including phenoxy) is 1. The van der Waals surface area contributed by atoms with Crippen LogP contribution in [-0.4, -0.2) is 69.9 Å². The van der Waals surface area contributed by atoms with E-state index in [1.54, 1.807) is 4.90 Å². The Bertz CT molecular complexity index is 1040. The number of carbonyl (C=O) groups is 1. The Kier molecular flexibility index (Phi) is 5.21. The van der Waals surface area contributed by atoms with Crippen LogP contribution in [0.4, 0.5) is 5.13 Å². The lowest BCUT2D eigenvalue weighted by atomic mass is 10.3.